The second kappa shape index (κ2) is 8.17. The molecule has 1 amide bonds. The Labute approximate surface area is 123 Å². The zero-order chi connectivity index (χ0) is 14.3. The molecule has 0 aliphatic heterocycles. The van der Waals surface area contributed by atoms with Crippen LogP contribution < -0.4 is 10.1 Å². The van der Waals surface area contributed by atoms with Crippen molar-refractivity contribution in [3.63, 3.8) is 0 Å². The fourth-order valence-corrected chi connectivity index (χ4v) is 2.41. The molecule has 1 N–H and O–H groups in total. The number of carbonyl (C=O) groups excluding carboxylic acids is 1. The highest BCUT2D eigenvalue weighted by atomic mass is 79.9. The average Bonchev–Trinajstić information content (AvgIpc) is 2.40. The van der Waals surface area contributed by atoms with Gasteiger partial charge in [0.2, 0.25) is 5.91 Å². The molecule has 0 saturated heterocycles. The first-order valence-corrected chi connectivity index (χ1v) is 7.22. The third-order valence-electron chi connectivity index (χ3n) is 2.94. The van der Waals surface area contributed by atoms with Crippen LogP contribution in [0.5, 0.6) is 5.75 Å². The number of ether oxygens (including phenoxy) is 1. The highest BCUT2D eigenvalue weighted by Gasteiger charge is 2.08. The van der Waals surface area contributed by atoms with Crippen molar-refractivity contribution in [2.45, 2.75) is 20.4 Å². The molecule has 5 heteroatoms. The van der Waals surface area contributed by atoms with Crippen LogP contribution in [-0.4, -0.2) is 37.6 Å². The van der Waals surface area contributed by atoms with E-state index >= 15 is 0 Å². The van der Waals surface area contributed by atoms with Crippen molar-refractivity contribution in [2.24, 2.45) is 0 Å². The molecule has 4 nitrogen and oxygen atoms in total. The molecule has 0 radical (unpaired) electrons. The van der Waals surface area contributed by atoms with Gasteiger partial charge >= 0.3 is 0 Å². The fourth-order valence-electron chi connectivity index (χ4n) is 1.82. The summed E-state index contributed by atoms with van der Waals surface area (Å²) in [5.41, 5.74) is 1.11. The Morgan fingerprint density at radius 3 is 2.58 bits per heavy atom. The van der Waals surface area contributed by atoms with E-state index in [4.69, 9.17) is 4.74 Å². The van der Waals surface area contributed by atoms with Gasteiger partial charge in [0.05, 0.1) is 18.1 Å². The molecule has 0 aromatic heterocycles. The summed E-state index contributed by atoms with van der Waals surface area (Å²) in [6.45, 7) is 6.51. The number of hydrogen-bond donors (Lipinski definition) is 1. The summed E-state index contributed by atoms with van der Waals surface area (Å²) in [4.78, 5) is 13.6. The molecule has 0 unspecified atom stereocenters. The molecule has 0 aliphatic rings. The second-order valence-corrected chi connectivity index (χ2v) is 4.99. The quantitative estimate of drug-likeness (QED) is 0.835. The van der Waals surface area contributed by atoms with Crippen LogP contribution in [-0.2, 0) is 11.3 Å². The van der Waals surface area contributed by atoms with Gasteiger partial charge in [-0.3, -0.25) is 4.79 Å². The van der Waals surface area contributed by atoms with E-state index in [2.05, 4.69) is 21.2 Å². The Balaban J connectivity index is 2.45. The molecule has 0 saturated carbocycles. The lowest BCUT2D eigenvalue weighted by Crippen LogP contribution is -2.37. The first-order chi connectivity index (χ1) is 9.12. The molecule has 0 heterocycles. The van der Waals surface area contributed by atoms with Crippen molar-refractivity contribution in [1.29, 1.82) is 0 Å². The first kappa shape index (κ1) is 16.0. The Bertz CT molecular complexity index is 420. The van der Waals surface area contributed by atoms with Crippen LogP contribution in [0.1, 0.15) is 19.4 Å². The molecule has 0 atom stereocenters. The Morgan fingerprint density at radius 2 is 2.05 bits per heavy atom. The van der Waals surface area contributed by atoms with Crippen molar-refractivity contribution >= 4 is 21.8 Å². The largest absolute Gasteiger partial charge is 0.496 e. The second-order valence-electron chi connectivity index (χ2n) is 4.14. The number of likely N-dealkylation sites (N-methyl/N-ethyl adjacent to an activating group) is 1. The molecule has 1 aromatic rings. The summed E-state index contributed by atoms with van der Waals surface area (Å²) in [7, 11) is 1.64. The first-order valence-electron chi connectivity index (χ1n) is 6.43. The molecule has 0 fully saturated rings. The van der Waals surface area contributed by atoms with Gasteiger partial charge in [0.1, 0.15) is 5.75 Å². The summed E-state index contributed by atoms with van der Waals surface area (Å²) in [5, 5.41) is 3.16. The minimum Gasteiger partial charge on any atom is -0.496 e. The summed E-state index contributed by atoms with van der Waals surface area (Å²) < 4.78 is 6.10. The van der Waals surface area contributed by atoms with Crippen LogP contribution in [0.25, 0.3) is 0 Å². The van der Waals surface area contributed by atoms with Crippen LogP contribution >= 0.6 is 15.9 Å². The molecule has 0 aliphatic carbocycles. The number of amides is 1. The number of nitrogens with zero attached hydrogens (tertiary/aromatic N) is 1. The van der Waals surface area contributed by atoms with Crippen molar-refractivity contribution in [2.75, 3.05) is 26.7 Å². The van der Waals surface area contributed by atoms with Crippen molar-refractivity contribution in [3.8, 4) is 5.75 Å². The fraction of sp³-hybridized carbons (Fsp3) is 0.500. The maximum Gasteiger partial charge on any atom is 0.236 e. The van der Waals surface area contributed by atoms with Crippen molar-refractivity contribution in [1.82, 2.24) is 10.2 Å². The van der Waals surface area contributed by atoms with Crippen molar-refractivity contribution < 1.29 is 9.53 Å². The SMILES string of the molecule is CCN(CC)C(=O)CNCc1ccc(OC)c(Br)c1. The van der Waals surface area contributed by atoms with Gasteiger partial charge in [0.25, 0.3) is 0 Å². The predicted octanol–water partition coefficient (Wildman–Crippen LogP) is 2.42. The molecule has 106 valence electrons. The van der Waals surface area contributed by atoms with Gasteiger partial charge in [-0.2, -0.15) is 0 Å². The van der Waals surface area contributed by atoms with Gasteiger partial charge in [-0.05, 0) is 47.5 Å². The number of hydrogen-bond acceptors (Lipinski definition) is 3. The van der Waals surface area contributed by atoms with Crippen LogP contribution in [0.15, 0.2) is 22.7 Å². The Hall–Kier alpha value is -1.07. The van der Waals surface area contributed by atoms with Gasteiger partial charge in [-0.25, -0.2) is 0 Å². The number of nitrogens with one attached hydrogen (secondary N) is 1. The third-order valence-corrected chi connectivity index (χ3v) is 3.56. The summed E-state index contributed by atoms with van der Waals surface area (Å²) >= 11 is 3.45. The predicted molar refractivity (Wildman–Crippen MR) is 80.3 cm³/mol. The normalized spacial score (nSPS) is 10.3. The molecule has 1 rings (SSSR count). The summed E-state index contributed by atoms with van der Waals surface area (Å²) in [6.07, 6.45) is 0. The van der Waals surface area contributed by atoms with E-state index in [0.29, 0.717) is 13.1 Å². The molecule has 0 bridgehead atoms. The lowest BCUT2D eigenvalue weighted by Gasteiger charge is -2.18. The molecule has 0 spiro atoms. The summed E-state index contributed by atoms with van der Waals surface area (Å²) in [6, 6.07) is 5.89. The smallest absolute Gasteiger partial charge is 0.236 e. The third kappa shape index (κ3) is 4.84. The molecule has 1 aromatic carbocycles. The van der Waals surface area contributed by atoms with Gasteiger partial charge in [0, 0.05) is 19.6 Å². The van der Waals surface area contributed by atoms with Gasteiger partial charge in [-0.1, -0.05) is 6.07 Å². The van der Waals surface area contributed by atoms with E-state index in [1.165, 1.54) is 0 Å². The Kier molecular flexibility index (Phi) is 6.87. The number of halogens is 1. The van der Waals surface area contributed by atoms with E-state index in [9.17, 15) is 4.79 Å². The number of carbonyl (C=O) groups is 1. The zero-order valence-corrected chi connectivity index (χ0v) is 13.3. The van der Waals surface area contributed by atoms with E-state index in [1.807, 2.05) is 36.9 Å². The van der Waals surface area contributed by atoms with Gasteiger partial charge < -0.3 is 15.0 Å². The average molecular weight is 329 g/mol. The van der Waals surface area contributed by atoms with Crippen LogP contribution in [0.2, 0.25) is 0 Å². The maximum absolute atomic E-state index is 11.8. The van der Waals surface area contributed by atoms with Crippen molar-refractivity contribution in [3.05, 3.63) is 28.2 Å². The van der Waals surface area contributed by atoms with E-state index in [-0.39, 0.29) is 5.91 Å². The highest BCUT2D eigenvalue weighted by Crippen LogP contribution is 2.25. The standard InChI is InChI=1S/C14H21BrN2O2/c1-4-17(5-2)14(18)10-16-9-11-6-7-13(19-3)12(15)8-11/h6-8,16H,4-5,9-10H2,1-3H3. The monoisotopic (exact) mass is 328 g/mol. The number of rotatable bonds is 7. The lowest BCUT2D eigenvalue weighted by atomic mass is 10.2. The Morgan fingerprint density at radius 1 is 1.37 bits per heavy atom. The minimum atomic E-state index is 0.137. The van der Waals surface area contributed by atoms with Gasteiger partial charge in [0.15, 0.2) is 0 Å². The van der Waals surface area contributed by atoms with Crippen LogP contribution in [0.3, 0.4) is 0 Å². The topological polar surface area (TPSA) is 41.6 Å². The molecular formula is C14H21BrN2O2. The number of benzene rings is 1. The molecular weight excluding hydrogens is 308 g/mol. The highest BCUT2D eigenvalue weighted by molar-refractivity contribution is 9.10. The van der Waals surface area contributed by atoms with E-state index in [0.717, 1.165) is 28.9 Å². The lowest BCUT2D eigenvalue weighted by molar-refractivity contribution is -0.129. The van der Waals surface area contributed by atoms with Gasteiger partial charge in [-0.15, -0.1) is 0 Å². The molecule has 19 heavy (non-hydrogen) atoms. The van der Waals surface area contributed by atoms with E-state index < -0.39 is 0 Å². The van der Waals surface area contributed by atoms with E-state index in [1.54, 1.807) is 7.11 Å². The maximum atomic E-state index is 11.8. The number of methoxy groups -OCH3 is 1. The minimum absolute atomic E-state index is 0.137. The zero-order valence-electron chi connectivity index (χ0n) is 11.7. The van der Waals surface area contributed by atoms with Crippen LogP contribution in [0, 0.1) is 0 Å². The summed E-state index contributed by atoms with van der Waals surface area (Å²) in [5.74, 6) is 0.945. The van der Waals surface area contributed by atoms with Crippen LogP contribution in [0.4, 0.5) is 0 Å².